The van der Waals surface area contributed by atoms with Gasteiger partial charge in [0, 0.05) is 19.1 Å². The Morgan fingerprint density at radius 2 is 2.31 bits per heavy atom. The van der Waals surface area contributed by atoms with Crippen molar-refractivity contribution >= 4 is 5.78 Å². The van der Waals surface area contributed by atoms with Gasteiger partial charge < -0.3 is 12.4 Å². The van der Waals surface area contributed by atoms with Crippen molar-refractivity contribution in [2.75, 3.05) is 0 Å². The number of pyridine rings is 1. The van der Waals surface area contributed by atoms with E-state index in [0.29, 0.717) is 6.54 Å². The molecule has 0 aliphatic carbocycles. The number of nitrogens with zero attached hydrogens (tertiary/aromatic N) is 1. The lowest BCUT2D eigenvalue weighted by Crippen LogP contribution is -3.00. The summed E-state index contributed by atoms with van der Waals surface area (Å²) >= 11 is 0. The van der Waals surface area contributed by atoms with Gasteiger partial charge in [-0.05, 0) is 12.1 Å². The number of halogens is 1. The van der Waals surface area contributed by atoms with Gasteiger partial charge in [0.2, 0.25) is 11.5 Å². The predicted molar refractivity (Wildman–Crippen MR) is 46.8 cm³/mol. The Labute approximate surface area is 84.3 Å². The molecule has 13 heavy (non-hydrogen) atoms. The number of ketones is 1. The number of carbonyl (C=O) groups excluding carboxylic acids is 1. The third kappa shape index (κ3) is 2.99. The second-order valence-corrected chi connectivity index (χ2v) is 2.58. The van der Waals surface area contributed by atoms with Crippen LogP contribution in [0.25, 0.3) is 0 Å². The van der Waals surface area contributed by atoms with Crippen LogP contribution in [0.1, 0.15) is 17.4 Å². The Bertz CT molecular complexity index is 310. The topological polar surface area (TPSA) is 20.9 Å². The second kappa shape index (κ2) is 5.49. The second-order valence-electron chi connectivity index (χ2n) is 2.58. The molecule has 1 rings (SSSR count). The molecule has 0 fully saturated rings. The van der Waals surface area contributed by atoms with Gasteiger partial charge >= 0.3 is 0 Å². The van der Waals surface area contributed by atoms with E-state index in [4.69, 9.17) is 0 Å². The predicted octanol–water partition coefficient (Wildman–Crippen LogP) is -1.63. The SMILES string of the molecule is C=CC[n+]1ccccc1C(C)=O.[Cl-]. The first-order valence-electron chi connectivity index (χ1n) is 3.86. The van der Waals surface area contributed by atoms with E-state index in [1.165, 1.54) is 0 Å². The van der Waals surface area contributed by atoms with Crippen LogP contribution in [0.2, 0.25) is 0 Å². The zero-order valence-electron chi connectivity index (χ0n) is 7.53. The van der Waals surface area contributed by atoms with Gasteiger partial charge in [0.05, 0.1) is 0 Å². The zero-order chi connectivity index (χ0) is 8.97. The number of allylic oxidation sites excluding steroid dienone is 1. The molecule has 0 bridgehead atoms. The minimum absolute atomic E-state index is 0. The minimum atomic E-state index is 0. The van der Waals surface area contributed by atoms with E-state index < -0.39 is 0 Å². The fourth-order valence-corrected chi connectivity index (χ4v) is 1.09. The van der Waals surface area contributed by atoms with Crippen molar-refractivity contribution in [2.24, 2.45) is 0 Å². The largest absolute Gasteiger partial charge is 1.00 e. The fraction of sp³-hybridized carbons (Fsp3) is 0.200. The molecule has 0 spiro atoms. The minimum Gasteiger partial charge on any atom is -1.00 e. The van der Waals surface area contributed by atoms with Crippen molar-refractivity contribution in [3.63, 3.8) is 0 Å². The summed E-state index contributed by atoms with van der Waals surface area (Å²) in [6, 6.07) is 5.57. The highest BCUT2D eigenvalue weighted by molar-refractivity contribution is 5.90. The van der Waals surface area contributed by atoms with Crippen LogP contribution < -0.4 is 17.0 Å². The third-order valence-electron chi connectivity index (χ3n) is 1.63. The summed E-state index contributed by atoms with van der Waals surface area (Å²) in [4.78, 5) is 11.1. The van der Waals surface area contributed by atoms with Gasteiger partial charge in [0.15, 0.2) is 12.7 Å². The van der Waals surface area contributed by atoms with Crippen molar-refractivity contribution in [3.05, 3.63) is 42.7 Å². The van der Waals surface area contributed by atoms with Gasteiger partial charge in [-0.3, -0.25) is 4.79 Å². The van der Waals surface area contributed by atoms with Crippen LogP contribution in [-0.2, 0) is 6.54 Å². The first-order chi connectivity index (χ1) is 5.75. The first kappa shape index (κ1) is 11.8. The summed E-state index contributed by atoms with van der Waals surface area (Å²) in [5, 5.41) is 0. The van der Waals surface area contributed by atoms with E-state index in [2.05, 4.69) is 6.58 Å². The lowest BCUT2D eigenvalue weighted by atomic mass is 10.2. The lowest BCUT2D eigenvalue weighted by Gasteiger charge is -1.96. The summed E-state index contributed by atoms with van der Waals surface area (Å²) in [7, 11) is 0. The maximum Gasteiger partial charge on any atom is 0.248 e. The molecule has 70 valence electrons. The quantitative estimate of drug-likeness (QED) is 0.324. The maximum atomic E-state index is 11.1. The smallest absolute Gasteiger partial charge is 0.248 e. The Balaban J connectivity index is 0.00000144. The molecule has 0 aliphatic rings. The molecule has 0 unspecified atom stereocenters. The van der Waals surface area contributed by atoms with Gasteiger partial charge in [0.1, 0.15) is 0 Å². The van der Waals surface area contributed by atoms with E-state index in [9.17, 15) is 4.79 Å². The number of aromatic nitrogens is 1. The van der Waals surface area contributed by atoms with Gasteiger partial charge in [-0.25, -0.2) is 0 Å². The highest BCUT2D eigenvalue weighted by Gasteiger charge is 2.11. The van der Waals surface area contributed by atoms with Crippen LogP contribution in [0, 0.1) is 0 Å². The fourth-order valence-electron chi connectivity index (χ4n) is 1.09. The molecule has 0 aromatic carbocycles. The maximum absolute atomic E-state index is 11.1. The van der Waals surface area contributed by atoms with E-state index in [1.807, 2.05) is 29.0 Å². The van der Waals surface area contributed by atoms with Crippen LogP contribution in [-0.4, -0.2) is 5.78 Å². The van der Waals surface area contributed by atoms with Gasteiger partial charge in [-0.2, -0.15) is 4.57 Å². The van der Waals surface area contributed by atoms with Crippen LogP contribution in [0.3, 0.4) is 0 Å². The van der Waals surface area contributed by atoms with Crippen LogP contribution in [0.4, 0.5) is 0 Å². The average Bonchev–Trinajstić information content (AvgIpc) is 2.05. The Morgan fingerprint density at radius 3 is 2.85 bits per heavy atom. The van der Waals surface area contributed by atoms with Crippen LogP contribution in [0.15, 0.2) is 37.1 Å². The van der Waals surface area contributed by atoms with Crippen molar-refractivity contribution in [2.45, 2.75) is 13.5 Å². The molecular weight excluding hydrogens is 186 g/mol. The van der Waals surface area contributed by atoms with E-state index in [1.54, 1.807) is 13.0 Å². The molecular formula is C10H12ClNO. The summed E-state index contributed by atoms with van der Waals surface area (Å²) in [5.41, 5.74) is 0.720. The highest BCUT2D eigenvalue weighted by atomic mass is 35.5. The van der Waals surface area contributed by atoms with Gasteiger partial charge in [-0.15, -0.1) is 0 Å². The molecule has 3 heteroatoms. The van der Waals surface area contributed by atoms with E-state index >= 15 is 0 Å². The highest BCUT2D eigenvalue weighted by Crippen LogP contribution is 1.92. The third-order valence-corrected chi connectivity index (χ3v) is 1.63. The zero-order valence-corrected chi connectivity index (χ0v) is 8.29. The Hall–Kier alpha value is -1.15. The van der Waals surface area contributed by atoms with Crippen LogP contribution >= 0.6 is 0 Å². The molecule has 0 atom stereocenters. The van der Waals surface area contributed by atoms with Gasteiger partial charge in [-0.1, -0.05) is 6.58 Å². The number of hydrogen-bond acceptors (Lipinski definition) is 1. The number of rotatable bonds is 3. The Morgan fingerprint density at radius 1 is 1.62 bits per heavy atom. The van der Waals surface area contributed by atoms with Crippen molar-refractivity contribution in [1.29, 1.82) is 0 Å². The first-order valence-corrected chi connectivity index (χ1v) is 3.86. The molecule has 0 amide bonds. The van der Waals surface area contributed by atoms with Crippen LogP contribution in [0.5, 0.6) is 0 Å². The molecule has 0 N–H and O–H groups in total. The van der Waals surface area contributed by atoms with Gasteiger partial charge in [0.25, 0.3) is 0 Å². The molecule has 0 radical (unpaired) electrons. The molecule has 1 aromatic rings. The number of Topliss-reactive ketones (excluding diaryl/α,β-unsaturated/α-hetero) is 1. The van der Waals surface area contributed by atoms with Crippen molar-refractivity contribution in [1.82, 2.24) is 0 Å². The molecule has 0 saturated carbocycles. The molecule has 0 aliphatic heterocycles. The molecule has 2 nitrogen and oxygen atoms in total. The summed E-state index contributed by atoms with van der Waals surface area (Å²) in [6.45, 7) is 5.87. The van der Waals surface area contributed by atoms with Crippen molar-refractivity contribution in [3.8, 4) is 0 Å². The Kier molecular flexibility index (Phi) is 5.00. The normalized spacial score (nSPS) is 8.69. The summed E-state index contributed by atoms with van der Waals surface area (Å²) < 4.78 is 1.87. The van der Waals surface area contributed by atoms with Crippen molar-refractivity contribution < 1.29 is 21.8 Å². The lowest BCUT2D eigenvalue weighted by molar-refractivity contribution is -0.688. The van der Waals surface area contributed by atoms with E-state index in [-0.39, 0.29) is 18.2 Å². The number of hydrogen-bond donors (Lipinski definition) is 0. The summed E-state index contributed by atoms with van der Waals surface area (Å²) in [6.07, 6.45) is 3.64. The molecule has 1 heterocycles. The molecule has 1 aromatic heterocycles. The van der Waals surface area contributed by atoms with E-state index in [0.717, 1.165) is 5.69 Å². The average molecular weight is 198 g/mol. The monoisotopic (exact) mass is 197 g/mol. The standard InChI is InChI=1S/C10H12NO.ClH/c1-3-7-11-8-5-4-6-10(11)9(2)12;/h3-6,8H,1,7H2,2H3;1H/q+1;/p-1. The summed E-state index contributed by atoms with van der Waals surface area (Å²) in [5.74, 6) is 0.0810. The molecule has 0 saturated heterocycles. The number of carbonyl (C=O) groups is 1.